The van der Waals surface area contributed by atoms with Gasteiger partial charge >= 0.3 is 5.97 Å². The quantitative estimate of drug-likeness (QED) is 0.780. The summed E-state index contributed by atoms with van der Waals surface area (Å²) in [5.74, 6) is 0.889. The minimum atomic E-state index is -0.201. The van der Waals surface area contributed by atoms with Crippen LogP contribution in [0.25, 0.3) is 0 Å². The molecule has 0 amide bonds. The van der Waals surface area contributed by atoms with Crippen molar-refractivity contribution in [2.24, 2.45) is 11.8 Å². The lowest BCUT2D eigenvalue weighted by molar-refractivity contribution is -0.157. The Balaban J connectivity index is 1.66. The van der Waals surface area contributed by atoms with E-state index in [9.17, 15) is 9.90 Å². The van der Waals surface area contributed by atoms with Crippen LogP contribution in [0.5, 0.6) is 0 Å². The second-order valence-electron chi connectivity index (χ2n) is 6.73. The van der Waals surface area contributed by atoms with E-state index in [0.29, 0.717) is 0 Å². The third-order valence-electron chi connectivity index (χ3n) is 5.07. The molecule has 3 nitrogen and oxygen atoms in total. The van der Waals surface area contributed by atoms with E-state index in [1.54, 1.807) is 0 Å². The number of hydrogen-bond acceptors (Lipinski definition) is 3. The smallest absolute Gasteiger partial charge is 0.309 e. The van der Waals surface area contributed by atoms with Crippen LogP contribution in [-0.2, 0) is 9.53 Å². The van der Waals surface area contributed by atoms with Crippen LogP contribution in [0, 0.1) is 11.8 Å². The van der Waals surface area contributed by atoms with Crippen molar-refractivity contribution in [2.75, 3.05) is 0 Å². The van der Waals surface area contributed by atoms with Gasteiger partial charge in [0.2, 0.25) is 0 Å². The summed E-state index contributed by atoms with van der Waals surface area (Å²) in [6.45, 7) is 2.24. The van der Waals surface area contributed by atoms with Gasteiger partial charge in [0.1, 0.15) is 6.10 Å². The molecule has 0 heterocycles. The van der Waals surface area contributed by atoms with E-state index in [0.717, 1.165) is 44.4 Å². The Morgan fingerprint density at radius 1 is 1.05 bits per heavy atom. The number of hydrogen-bond donors (Lipinski definition) is 1. The van der Waals surface area contributed by atoms with Crippen LogP contribution in [-0.4, -0.2) is 23.3 Å². The molecule has 0 aliphatic heterocycles. The molecule has 0 spiro atoms. The maximum Gasteiger partial charge on any atom is 0.309 e. The molecule has 116 valence electrons. The average Bonchev–Trinajstić information content (AvgIpc) is 2.47. The molecule has 2 fully saturated rings. The molecule has 0 atom stereocenters. The number of aliphatic hydroxyl groups is 1. The van der Waals surface area contributed by atoms with Gasteiger partial charge in [-0.1, -0.05) is 26.2 Å². The Bertz CT molecular complexity index is 287. The summed E-state index contributed by atoms with van der Waals surface area (Å²) in [4.78, 5) is 12.1. The van der Waals surface area contributed by atoms with Gasteiger partial charge in [-0.05, 0) is 57.3 Å². The highest BCUT2D eigenvalue weighted by Gasteiger charge is 2.29. The average molecular weight is 282 g/mol. The number of unbranched alkanes of at least 4 members (excludes halogenated alkanes) is 1. The first kappa shape index (κ1) is 15.8. The van der Waals surface area contributed by atoms with Crippen molar-refractivity contribution < 1.29 is 14.6 Å². The molecule has 2 rings (SSSR count). The van der Waals surface area contributed by atoms with Gasteiger partial charge in [-0.25, -0.2) is 0 Å². The zero-order valence-electron chi connectivity index (χ0n) is 12.9. The van der Waals surface area contributed by atoms with Gasteiger partial charge in [0.25, 0.3) is 0 Å². The van der Waals surface area contributed by atoms with Crippen LogP contribution in [0.2, 0.25) is 0 Å². The first-order valence-corrected chi connectivity index (χ1v) is 8.57. The summed E-state index contributed by atoms with van der Waals surface area (Å²) >= 11 is 0. The fourth-order valence-electron chi connectivity index (χ4n) is 3.60. The van der Waals surface area contributed by atoms with E-state index in [4.69, 9.17) is 4.74 Å². The predicted octanol–water partition coefficient (Wildman–Crippen LogP) is 3.83. The van der Waals surface area contributed by atoms with Crippen LogP contribution in [0.1, 0.15) is 77.6 Å². The number of carbonyl (C=O) groups excluding carboxylic acids is 1. The van der Waals surface area contributed by atoms with Crippen molar-refractivity contribution in [1.29, 1.82) is 0 Å². The molecule has 2 aliphatic carbocycles. The Morgan fingerprint density at radius 3 is 2.30 bits per heavy atom. The van der Waals surface area contributed by atoms with E-state index in [1.807, 2.05) is 0 Å². The molecule has 0 aromatic rings. The zero-order valence-corrected chi connectivity index (χ0v) is 12.9. The molecule has 0 saturated heterocycles. The van der Waals surface area contributed by atoms with Crippen LogP contribution < -0.4 is 0 Å². The van der Waals surface area contributed by atoms with E-state index in [-0.39, 0.29) is 24.1 Å². The number of carbonyl (C=O) groups is 1. The molecule has 3 heteroatoms. The van der Waals surface area contributed by atoms with Gasteiger partial charge in [-0.15, -0.1) is 0 Å². The zero-order chi connectivity index (χ0) is 14.4. The highest BCUT2D eigenvalue weighted by molar-refractivity contribution is 5.72. The fraction of sp³-hybridized carbons (Fsp3) is 0.941. The van der Waals surface area contributed by atoms with Crippen molar-refractivity contribution in [3.05, 3.63) is 0 Å². The molecule has 1 N–H and O–H groups in total. The number of rotatable bonds is 5. The third kappa shape index (κ3) is 4.76. The standard InChI is InChI=1S/C17H30O3/c1-2-3-4-13-5-11-16(12-6-13)20-17(19)14-7-9-15(18)10-8-14/h13-16,18H,2-12H2,1H3. The highest BCUT2D eigenvalue weighted by atomic mass is 16.5. The summed E-state index contributed by atoms with van der Waals surface area (Å²) < 4.78 is 5.70. The summed E-state index contributed by atoms with van der Waals surface area (Å²) in [5, 5.41) is 9.48. The van der Waals surface area contributed by atoms with Gasteiger partial charge in [-0.2, -0.15) is 0 Å². The topological polar surface area (TPSA) is 46.5 Å². The fourth-order valence-corrected chi connectivity index (χ4v) is 3.60. The molecule has 0 radical (unpaired) electrons. The van der Waals surface area contributed by atoms with Crippen molar-refractivity contribution in [3.8, 4) is 0 Å². The van der Waals surface area contributed by atoms with Crippen LogP contribution in [0.3, 0.4) is 0 Å². The van der Waals surface area contributed by atoms with Crippen molar-refractivity contribution >= 4 is 5.97 Å². The van der Waals surface area contributed by atoms with Crippen molar-refractivity contribution in [3.63, 3.8) is 0 Å². The van der Waals surface area contributed by atoms with Crippen LogP contribution in [0.15, 0.2) is 0 Å². The Hall–Kier alpha value is -0.570. The molecule has 0 aromatic carbocycles. The number of aliphatic hydroxyl groups excluding tert-OH is 1. The van der Waals surface area contributed by atoms with Crippen LogP contribution in [0.4, 0.5) is 0 Å². The molecule has 2 aliphatic rings. The van der Waals surface area contributed by atoms with E-state index < -0.39 is 0 Å². The van der Waals surface area contributed by atoms with Gasteiger partial charge in [0.15, 0.2) is 0 Å². The third-order valence-corrected chi connectivity index (χ3v) is 5.07. The lowest BCUT2D eigenvalue weighted by atomic mass is 9.84. The van der Waals surface area contributed by atoms with Crippen molar-refractivity contribution in [1.82, 2.24) is 0 Å². The summed E-state index contributed by atoms with van der Waals surface area (Å²) in [5.41, 5.74) is 0. The molecule has 0 bridgehead atoms. The summed E-state index contributed by atoms with van der Waals surface area (Å²) in [7, 11) is 0. The minimum absolute atomic E-state index is 0.00564. The minimum Gasteiger partial charge on any atom is -0.462 e. The first-order chi connectivity index (χ1) is 9.69. The van der Waals surface area contributed by atoms with Gasteiger partial charge in [0, 0.05) is 0 Å². The van der Waals surface area contributed by atoms with Crippen molar-refractivity contribution in [2.45, 2.75) is 89.8 Å². The Kier molecular flexibility index (Phi) is 6.34. The van der Waals surface area contributed by atoms with Gasteiger partial charge < -0.3 is 9.84 Å². The van der Waals surface area contributed by atoms with E-state index in [1.165, 1.54) is 32.1 Å². The number of esters is 1. The molecule has 20 heavy (non-hydrogen) atoms. The molecule has 0 unspecified atom stereocenters. The summed E-state index contributed by atoms with van der Waals surface area (Å²) in [6.07, 6.45) is 11.6. The van der Waals surface area contributed by atoms with Crippen LogP contribution >= 0.6 is 0 Å². The second kappa shape index (κ2) is 8.02. The monoisotopic (exact) mass is 282 g/mol. The van der Waals surface area contributed by atoms with E-state index >= 15 is 0 Å². The lowest BCUT2D eigenvalue weighted by Gasteiger charge is -2.30. The second-order valence-corrected chi connectivity index (χ2v) is 6.73. The Labute approximate surface area is 123 Å². The first-order valence-electron chi connectivity index (χ1n) is 8.57. The largest absolute Gasteiger partial charge is 0.462 e. The maximum atomic E-state index is 12.1. The molecule has 2 saturated carbocycles. The maximum absolute atomic E-state index is 12.1. The molecular formula is C17H30O3. The highest BCUT2D eigenvalue weighted by Crippen LogP contribution is 2.31. The van der Waals surface area contributed by atoms with E-state index in [2.05, 4.69) is 6.92 Å². The normalized spacial score (nSPS) is 34.7. The number of ether oxygens (including phenoxy) is 1. The predicted molar refractivity (Wildman–Crippen MR) is 79.3 cm³/mol. The molecule has 0 aromatic heterocycles. The summed E-state index contributed by atoms with van der Waals surface area (Å²) in [6, 6.07) is 0. The van der Waals surface area contributed by atoms with Gasteiger partial charge in [0.05, 0.1) is 12.0 Å². The van der Waals surface area contributed by atoms with Gasteiger partial charge in [-0.3, -0.25) is 4.79 Å². The lowest BCUT2D eigenvalue weighted by Crippen LogP contribution is -2.31. The Morgan fingerprint density at radius 2 is 1.70 bits per heavy atom. The SMILES string of the molecule is CCCCC1CCC(OC(=O)C2CCC(O)CC2)CC1. The molecular weight excluding hydrogens is 252 g/mol.